The third kappa shape index (κ3) is 3.34. The first-order valence-corrected chi connectivity index (χ1v) is 10.0. The molecule has 5 rings (SSSR count). The van der Waals surface area contributed by atoms with Crippen LogP contribution in [-0.2, 0) is 22.7 Å². The van der Waals surface area contributed by atoms with Gasteiger partial charge in [-0.25, -0.2) is 9.37 Å². The largest absolute Gasteiger partial charge is 0.347 e. The van der Waals surface area contributed by atoms with Crippen molar-refractivity contribution in [1.82, 2.24) is 19.4 Å². The van der Waals surface area contributed by atoms with Crippen molar-refractivity contribution in [2.45, 2.75) is 19.5 Å². The highest BCUT2D eigenvalue weighted by molar-refractivity contribution is 6.50. The molecule has 0 saturated carbocycles. The smallest absolute Gasteiger partial charge is 0.259 e. The van der Waals surface area contributed by atoms with Gasteiger partial charge in [-0.2, -0.15) is 0 Å². The molecule has 2 aromatic carbocycles. The van der Waals surface area contributed by atoms with Crippen LogP contribution in [0.3, 0.4) is 0 Å². The van der Waals surface area contributed by atoms with Crippen LogP contribution in [0, 0.1) is 5.82 Å². The fourth-order valence-corrected chi connectivity index (χ4v) is 4.11. The van der Waals surface area contributed by atoms with E-state index in [1.807, 2.05) is 41.2 Å². The van der Waals surface area contributed by atoms with E-state index in [2.05, 4.69) is 14.9 Å². The molecule has 3 heterocycles. The Labute approximate surface area is 177 Å². The maximum Gasteiger partial charge on any atom is 0.259 e. The molecule has 0 bridgehead atoms. The Morgan fingerprint density at radius 2 is 1.65 bits per heavy atom. The number of imidazole rings is 1. The molecule has 154 valence electrons. The lowest BCUT2D eigenvalue weighted by Crippen LogP contribution is -2.22. The average molecular weight is 414 g/mol. The van der Waals surface area contributed by atoms with Crippen LogP contribution in [0.1, 0.15) is 17.5 Å². The van der Waals surface area contributed by atoms with E-state index in [9.17, 15) is 14.0 Å². The molecule has 0 unspecified atom stereocenters. The lowest BCUT2D eigenvalue weighted by molar-refractivity contribution is -0.122. The summed E-state index contributed by atoms with van der Waals surface area (Å²) >= 11 is 0. The number of amides is 2. The van der Waals surface area contributed by atoms with Gasteiger partial charge in [0.05, 0.1) is 17.5 Å². The Morgan fingerprint density at radius 3 is 2.42 bits per heavy atom. The van der Waals surface area contributed by atoms with Crippen LogP contribution in [0.5, 0.6) is 0 Å². The van der Waals surface area contributed by atoms with Crippen molar-refractivity contribution >= 4 is 33.9 Å². The minimum atomic E-state index is -0.581. The average Bonchev–Trinajstić information content (AvgIpc) is 3.47. The summed E-state index contributed by atoms with van der Waals surface area (Å²) in [5, 5.41) is 3.18. The van der Waals surface area contributed by atoms with Gasteiger partial charge < -0.3 is 9.13 Å². The molecule has 2 aromatic heterocycles. The normalized spacial score (nSPS) is 14.0. The minimum Gasteiger partial charge on any atom is -0.347 e. The van der Waals surface area contributed by atoms with Gasteiger partial charge in [0.2, 0.25) is 0 Å². The molecule has 0 fully saturated rings. The fourth-order valence-electron chi connectivity index (χ4n) is 4.11. The van der Waals surface area contributed by atoms with Crippen molar-refractivity contribution in [1.29, 1.82) is 0 Å². The number of fused-ring (bicyclic) bond motifs is 1. The van der Waals surface area contributed by atoms with Gasteiger partial charge in [-0.15, -0.1) is 0 Å². The highest BCUT2D eigenvalue weighted by Crippen LogP contribution is 2.36. The van der Waals surface area contributed by atoms with E-state index in [-0.39, 0.29) is 16.7 Å². The van der Waals surface area contributed by atoms with Gasteiger partial charge in [0.1, 0.15) is 5.82 Å². The quantitative estimate of drug-likeness (QED) is 0.490. The number of imide groups is 1. The Bertz CT molecular complexity index is 1330. The monoisotopic (exact) mass is 414 g/mol. The Morgan fingerprint density at radius 1 is 0.903 bits per heavy atom. The van der Waals surface area contributed by atoms with Gasteiger partial charge in [0.15, 0.2) is 0 Å². The van der Waals surface area contributed by atoms with Crippen molar-refractivity contribution in [3.05, 3.63) is 90.4 Å². The number of hydrogen-bond donors (Lipinski definition) is 1. The first-order chi connectivity index (χ1) is 15.1. The first kappa shape index (κ1) is 19.0. The Kier molecular flexibility index (Phi) is 4.71. The van der Waals surface area contributed by atoms with Crippen LogP contribution in [0.15, 0.2) is 73.4 Å². The summed E-state index contributed by atoms with van der Waals surface area (Å²) in [6, 6.07) is 13.7. The Balaban J connectivity index is 1.61. The molecule has 2 amide bonds. The topological polar surface area (TPSA) is 68.9 Å². The minimum absolute atomic E-state index is 0.0735. The van der Waals surface area contributed by atoms with E-state index >= 15 is 0 Å². The molecule has 6 nitrogen and oxygen atoms in total. The van der Waals surface area contributed by atoms with Crippen molar-refractivity contribution in [3.63, 3.8) is 0 Å². The number of nitrogens with zero attached hydrogens (tertiary/aromatic N) is 3. The predicted octanol–water partition coefficient (Wildman–Crippen LogP) is 3.63. The van der Waals surface area contributed by atoms with Crippen LogP contribution in [0.4, 0.5) is 4.39 Å². The summed E-state index contributed by atoms with van der Waals surface area (Å²) in [5.74, 6) is -1.63. The number of halogens is 1. The summed E-state index contributed by atoms with van der Waals surface area (Å²) < 4.78 is 18.6. The molecule has 31 heavy (non-hydrogen) atoms. The molecule has 1 aliphatic rings. The lowest BCUT2D eigenvalue weighted by Gasteiger charge is -2.06. The summed E-state index contributed by atoms with van der Waals surface area (Å²) in [6.45, 7) is 1.53. The molecule has 0 atom stereocenters. The predicted molar refractivity (Wildman–Crippen MR) is 115 cm³/mol. The molecular weight excluding hydrogens is 395 g/mol. The number of benzene rings is 2. The maximum absolute atomic E-state index is 14.5. The SMILES string of the molecule is O=C1NC(=O)C(c2cn(CCCn3ccnc3)c3ccccc23)=C1c1ccccc1F. The number of aromatic nitrogens is 3. The number of rotatable bonds is 6. The number of aryl methyl sites for hydroxylation is 2. The van der Waals surface area contributed by atoms with Crippen molar-refractivity contribution < 1.29 is 14.0 Å². The molecule has 1 aliphatic heterocycles. The van der Waals surface area contributed by atoms with Crippen LogP contribution in [0.2, 0.25) is 0 Å². The summed E-state index contributed by atoms with van der Waals surface area (Å²) in [4.78, 5) is 29.4. The van der Waals surface area contributed by atoms with E-state index < -0.39 is 17.6 Å². The number of hydrogen-bond acceptors (Lipinski definition) is 3. The van der Waals surface area contributed by atoms with Gasteiger partial charge in [0.25, 0.3) is 11.8 Å². The standard InChI is InChI=1S/C24H19FN4O2/c25-19-8-3-1-7-17(19)21-22(24(31)27-23(21)30)18-14-29(20-9-4-2-6-16(18)20)12-5-11-28-13-10-26-15-28/h1-4,6-10,13-15H,5,11-12H2,(H,27,30,31). The fraction of sp³-hybridized carbons (Fsp3) is 0.125. The number of carbonyl (C=O) groups excluding carboxylic acids is 2. The summed E-state index contributed by atoms with van der Waals surface area (Å²) in [7, 11) is 0. The molecule has 4 aromatic rings. The number of nitrogens with one attached hydrogen (secondary N) is 1. The van der Waals surface area contributed by atoms with E-state index in [1.165, 1.54) is 12.1 Å². The second-order valence-corrected chi connectivity index (χ2v) is 7.42. The first-order valence-electron chi connectivity index (χ1n) is 10.0. The van der Waals surface area contributed by atoms with Crippen molar-refractivity contribution in [2.75, 3.05) is 0 Å². The molecule has 1 N–H and O–H groups in total. The Hall–Kier alpha value is -4.00. The molecule has 0 spiro atoms. The van der Waals surface area contributed by atoms with Crippen molar-refractivity contribution in [2.24, 2.45) is 0 Å². The third-order valence-electron chi connectivity index (χ3n) is 5.51. The highest BCUT2D eigenvalue weighted by Gasteiger charge is 2.34. The highest BCUT2D eigenvalue weighted by atomic mass is 19.1. The van der Waals surface area contributed by atoms with Gasteiger partial charge in [-0.3, -0.25) is 14.9 Å². The van der Waals surface area contributed by atoms with E-state index in [4.69, 9.17) is 0 Å². The van der Waals surface area contributed by atoms with E-state index in [0.717, 1.165) is 30.4 Å². The van der Waals surface area contributed by atoms with Crippen LogP contribution >= 0.6 is 0 Å². The zero-order chi connectivity index (χ0) is 21.4. The maximum atomic E-state index is 14.5. The molecule has 0 aliphatic carbocycles. The lowest BCUT2D eigenvalue weighted by atomic mass is 9.95. The summed E-state index contributed by atoms with van der Waals surface area (Å²) in [6.07, 6.45) is 8.18. The number of carbonyl (C=O) groups is 2. The second-order valence-electron chi connectivity index (χ2n) is 7.42. The molecule has 0 saturated heterocycles. The number of para-hydroxylation sites is 1. The molecular formula is C24H19FN4O2. The molecule has 0 radical (unpaired) electrons. The van der Waals surface area contributed by atoms with Crippen LogP contribution < -0.4 is 5.32 Å². The van der Waals surface area contributed by atoms with Gasteiger partial charge in [-0.1, -0.05) is 36.4 Å². The second kappa shape index (κ2) is 7.68. The zero-order valence-electron chi connectivity index (χ0n) is 16.6. The molecule has 7 heteroatoms. The van der Waals surface area contributed by atoms with Crippen LogP contribution in [0.25, 0.3) is 22.0 Å². The van der Waals surface area contributed by atoms with Crippen LogP contribution in [-0.4, -0.2) is 25.9 Å². The van der Waals surface area contributed by atoms with Gasteiger partial charge >= 0.3 is 0 Å². The van der Waals surface area contributed by atoms with Gasteiger partial charge in [0, 0.05) is 53.7 Å². The van der Waals surface area contributed by atoms with Crippen molar-refractivity contribution in [3.8, 4) is 0 Å². The van der Waals surface area contributed by atoms with Gasteiger partial charge in [-0.05, 0) is 18.6 Å². The summed E-state index contributed by atoms with van der Waals surface area (Å²) in [5.41, 5.74) is 1.98. The zero-order valence-corrected chi connectivity index (χ0v) is 16.6. The van der Waals surface area contributed by atoms with E-state index in [0.29, 0.717) is 5.56 Å². The van der Waals surface area contributed by atoms with E-state index in [1.54, 1.807) is 24.7 Å². The third-order valence-corrected chi connectivity index (χ3v) is 5.51.